The van der Waals surface area contributed by atoms with Crippen molar-refractivity contribution in [3.05, 3.63) is 83.9 Å². The van der Waals surface area contributed by atoms with Crippen LogP contribution in [0.15, 0.2) is 60.9 Å². The van der Waals surface area contributed by atoms with E-state index < -0.39 is 6.04 Å². The number of nitrogens with one attached hydrogen (secondary N) is 1. The summed E-state index contributed by atoms with van der Waals surface area (Å²) >= 11 is 0. The summed E-state index contributed by atoms with van der Waals surface area (Å²) in [6.07, 6.45) is 1.58. The second-order valence-electron chi connectivity index (χ2n) is 6.62. The smallest absolute Gasteiger partial charge is 0.224 e. The molecule has 4 rings (SSSR count). The van der Waals surface area contributed by atoms with Crippen molar-refractivity contribution in [1.82, 2.24) is 24.9 Å². The van der Waals surface area contributed by atoms with Crippen molar-refractivity contribution in [3.8, 4) is 11.3 Å². The van der Waals surface area contributed by atoms with Gasteiger partial charge in [-0.1, -0.05) is 24.3 Å². The summed E-state index contributed by atoms with van der Waals surface area (Å²) in [6, 6.07) is 13.3. The average Bonchev–Trinajstić information content (AvgIpc) is 3.13. The lowest BCUT2D eigenvalue weighted by Gasteiger charge is -2.10. The molecule has 2 heterocycles. The monoisotopic (exact) mass is 393 g/mol. The summed E-state index contributed by atoms with van der Waals surface area (Å²) in [6.45, 7) is 1.77. The summed E-state index contributed by atoms with van der Waals surface area (Å²) in [7, 11) is 0. The molecule has 2 aromatic carbocycles. The van der Waals surface area contributed by atoms with Crippen LogP contribution in [0.2, 0.25) is 0 Å². The van der Waals surface area contributed by atoms with Gasteiger partial charge < -0.3 is 5.32 Å². The highest BCUT2D eigenvalue weighted by atomic mass is 19.1. The number of fused-ring (bicyclic) bond motifs is 1. The van der Waals surface area contributed by atoms with Crippen LogP contribution in [-0.4, -0.2) is 25.5 Å². The minimum Gasteiger partial charge on any atom is -0.346 e. The number of hydrogen-bond acceptors (Lipinski definition) is 4. The Hall–Kier alpha value is -3.68. The molecule has 29 heavy (non-hydrogen) atoms. The van der Waals surface area contributed by atoms with Crippen LogP contribution in [0.5, 0.6) is 0 Å². The second-order valence-corrected chi connectivity index (χ2v) is 6.62. The molecule has 2 aromatic heterocycles. The van der Waals surface area contributed by atoms with Crippen molar-refractivity contribution in [1.29, 1.82) is 0 Å². The fourth-order valence-corrected chi connectivity index (χ4v) is 2.96. The molecular weight excluding hydrogens is 376 g/mol. The fourth-order valence-electron chi connectivity index (χ4n) is 2.96. The molecule has 0 aliphatic heterocycles. The van der Waals surface area contributed by atoms with E-state index in [-0.39, 0.29) is 24.0 Å². The van der Waals surface area contributed by atoms with E-state index in [9.17, 15) is 13.6 Å². The second kappa shape index (κ2) is 7.75. The summed E-state index contributed by atoms with van der Waals surface area (Å²) in [5, 5.41) is 7.15. The van der Waals surface area contributed by atoms with Crippen LogP contribution >= 0.6 is 0 Å². The molecule has 146 valence electrons. The van der Waals surface area contributed by atoms with Gasteiger partial charge in [0.25, 0.3) is 0 Å². The van der Waals surface area contributed by atoms with E-state index in [4.69, 9.17) is 0 Å². The molecule has 0 aliphatic carbocycles. The highest BCUT2D eigenvalue weighted by molar-refractivity contribution is 5.78. The molecule has 0 saturated carbocycles. The van der Waals surface area contributed by atoms with E-state index in [1.54, 1.807) is 43.3 Å². The fraction of sp³-hybridized carbons (Fsp3) is 0.143. The molecule has 8 heteroatoms. The molecule has 0 bridgehead atoms. The van der Waals surface area contributed by atoms with E-state index in [0.29, 0.717) is 28.3 Å². The zero-order chi connectivity index (χ0) is 20.4. The third-order valence-corrected chi connectivity index (χ3v) is 4.44. The first-order valence-corrected chi connectivity index (χ1v) is 9.00. The number of halogens is 2. The SMILES string of the molecule is C[C@H](NC(=O)Cc1ccc(F)cc1)c1nc2cc(-c3ccccc3F)ncn2n1. The first-order chi connectivity index (χ1) is 14.0. The van der Waals surface area contributed by atoms with Crippen molar-refractivity contribution in [2.75, 3.05) is 0 Å². The van der Waals surface area contributed by atoms with Gasteiger partial charge in [0.15, 0.2) is 11.5 Å². The number of benzene rings is 2. The van der Waals surface area contributed by atoms with Gasteiger partial charge in [0.05, 0.1) is 18.2 Å². The lowest BCUT2D eigenvalue weighted by Crippen LogP contribution is -2.28. The Kier molecular flexibility index (Phi) is 4.99. The number of rotatable bonds is 5. The predicted molar refractivity (Wildman–Crippen MR) is 103 cm³/mol. The molecule has 6 nitrogen and oxygen atoms in total. The Morgan fingerprint density at radius 3 is 2.66 bits per heavy atom. The van der Waals surface area contributed by atoms with Gasteiger partial charge >= 0.3 is 0 Å². The Balaban J connectivity index is 1.50. The molecule has 0 spiro atoms. The standard InChI is InChI=1S/C21H17F2N5O/c1-13(25-20(29)10-14-6-8-15(22)9-7-14)21-26-19-11-18(24-12-28(19)27-21)16-4-2-3-5-17(16)23/h2-9,11-13H,10H2,1H3,(H,25,29)/t13-/m0/s1. The first kappa shape index (κ1) is 18.7. The Labute approximate surface area is 165 Å². The zero-order valence-corrected chi connectivity index (χ0v) is 15.5. The zero-order valence-electron chi connectivity index (χ0n) is 15.5. The average molecular weight is 393 g/mol. The van der Waals surface area contributed by atoms with Gasteiger partial charge in [0, 0.05) is 11.6 Å². The van der Waals surface area contributed by atoms with Gasteiger partial charge in [-0.15, -0.1) is 5.10 Å². The normalized spacial score (nSPS) is 12.1. The molecule has 0 unspecified atom stereocenters. The van der Waals surface area contributed by atoms with Crippen LogP contribution in [0.4, 0.5) is 8.78 Å². The van der Waals surface area contributed by atoms with Crippen LogP contribution in [0, 0.1) is 11.6 Å². The maximum atomic E-state index is 14.0. The number of nitrogens with zero attached hydrogens (tertiary/aromatic N) is 4. The van der Waals surface area contributed by atoms with Crippen molar-refractivity contribution < 1.29 is 13.6 Å². The third kappa shape index (κ3) is 4.11. The van der Waals surface area contributed by atoms with E-state index >= 15 is 0 Å². The Morgan fingerprint density at radius 2 is 1.90 bits per heavy atom. The predicted octanol–water partition coefficient (Wildman–Crippen LogP) is 3.49. The maximum Gasteiger partial charge on any atom is 0.224 e. The Bertz CT molecular complexity index is 1170. The van der Waals surface area contributed by atoms with Crippen LogP contribution in [0.3, 0.4) is 0 Å². The molecule has 1 N–H and O–H groups in total. The molecule has 4 aromatic rings. The van der Waals surface area contributed by atoms with Crippen LogP contribution in [-0.2, 0) is 11.2 Å². The minimum absolute atomic E-state index is 0.122. The molecule has 0 fully saturated rings. The molecule has 1 amide bonds. The van der Waals surface area contributed by atoms with Gasteiger partial charge in [-0.3, -0.25) is 4.79 Å². The number of aromatic nitrogens is 4. The number of carbonyl (C=O) groups is 1. The van der Waals surface area contributed by atoms with E-state index in [1.165, 1.54) is 29.0 Å². The van der Waals surface area contributed by atoms with Crippen LogP contribution in [0.1, 0.15) is 24.4 Å². The molecule has 0 aliphatic rings. The van der Waals surface area contributed by atoms with Gasteiger partial charge in [0.2, 0.25) is 5.91 Å². The van der Waals surface area contributed by atoms with E-state index in [1.807, 2.05) is 0 Å². The maximum absolute atomic E-state index is 14.0. The summed E-state index contributed by atoms with van der Waals surface area (Å²) in [5.74, 6) is -0.539. The summed E-state index contributed by atoms with van der Waals surface area (Å²) < 4.78 is 28.4. The van der Waals surface area contributed by atoms with Crippen molar-refractivity contribution in [2.24, 2.45) is 0 Å². The van der Waals surface area contributed by atoms with Gasteiger partial charge in [-0.25, -0.2) is 23.3 Å². The van der Waals surface area contributed by atoms with Crippen molar-refractivity contribution in [2.45, 2.75) is 19.4 Å². The van der Waals surface area contributed by atoms with E-state index in [2.05, 4.69) is 20.4 Å². The number of hydrogen-bond donors (Lipinski definition) is 1. The molecule has 0 saturated heterocycles. The Morgan fingerprint density at radius 1 is 1.14 bits per heavy atom. The van der Waals surface area contributed by atoms with Crippen LogP contribution < -0.4 is 5.32 Å². The summed E-state index contributed by atoms with van der Waals surface area (Å²) in [5.41, 5.74) is 2.02. The van der Waals surface area contributed by atoms with Gasteiger partial charge in [0.1, 0.15) is 18.0 Å². The quantitative estimate of drug-likeness (QED) is 0.563. The third-order valence-electron chi connectivity index (χ3n) is 4.44. The minimum atomic E-state index is -0.445. The topological polar surface area (TPSA) is 72.2 Å². The van der Waals surface area contributed by atoms with Crippen molar-refractivity contribution >= 4 is 11.6 Å². The summed E-state index contributed by atoms with van der Waals surface area (Å²) in [4.78, 5) is 20.9. The number of carbonyl (C=O) groups excluding carboxylic acids is 1. The lowest BCUT2D eigenvalue weighted by atomic mass is 10.1. The lowest BCUT2D eigenvalue weighted by molar-refractivity contribution is -0.121. The molecular formula is C21H17F2N5O. The van der Waals surface area contributed by atoms with Gasteiger partial charge in [-0.2, -0.15) is 0 Å². The van der Waals surface area contributed by atoms with E-state index in [0.717, 1.165) is 0 Å². The molecule has 1 atom stereocenters. The largest absolute Gasteiger partial charge is 0.346 e. The van der Waals surface area contributed by atoms with Crippen LogP contribution in [0.25, 0.3) is 16.9 Å². The highest BCUT2D eigenvalue weighted by Gasteiger charge is 2.16. The van der Waals surface area contributed by atoms with Gasteiger partial charge in [-0.05, 0) is 36.8 Å². The number of amides is 1. The first-order valence-electron chi connectivity index (χ1n) is 9.00. The van der Waals surface area contributed by atoms with Crippen molar-refractivity contribution in [3.63, 3.8) is 0 Å². The molecule has 0 radical (unpaired) electrons. The highest BCUT2D eigenvalue weighted by Crippen LogP contribution is 2.21.